The Bertz CT molecular complexity index is 437. The zero-order valence-corrected chi connectivity index (χ0v) is 13.5. The van der Waals surface area contributed by atoms with E-state index in [-0.39, 0.29) is 12.1 Å². The zero-order chi connectivity index (χ0) is 15.7. The van der Waals surface area contributed by atoms with Crippen molar-refractivity contribution in [2.75, 3.05) is 38.7 Å². The molecule has 5 heteroatoms. The predicted octanol–water partition coefficient (Wildman–Crippen LogP) is 2.86. The maximum atomic E-state index is 12.2. The van der Waals surface area contributed by atoms with Gasteiger partial charge in [0.1, 0.15) is 0 Å². The molecular formula is C16H27N3O2. The van der Waals surface area contributed by atoms with Crippen molar-refractivity contribution in [3.8, 4) is 0 Å². The number of carbonyl (C=O) groups is 1. The smallest absolute Gasteiger partial charge is 0.321 e. The van der Waals surface area contributed by atoms with Crippen molar-refractivity contribution in [3.63, 3.8) is 0 Å². The van der Waals surface area contributed by atoms with E-state index in [4.69, 9.17) is 4.74 Å². The topological polar surface area (TPSA) is 53.6 Å². The van der Waals surface area contributed by atoms with Crippen molar-refractivity contribution in [3.05, 3.63) is 29.8 Å². The molecule has 5 nitrogen and oxygen atoms in total. The molecule has 1 atom stereocenters. The summed E-state index contributed by atoms with van der Waals surface area (Å²) >= 11 is 0. The van der Waals surface area contributed by atoms with Gasteiger partial charge in [-0.2, -0.15) is 0 Å². The van der Waals surface area contributed by atoms with E-state index in [1.807, 2.05) is 45.2 Å². The summed E-state index contributed by atoms with van der Waals surface area (Å²) in [5.41, 5.74) is 1.96. The molecule has 1 rings (SSSR count). The second-order valence-electron chi connectivity index (χ2n) is 4.84. The molecule has 0 saturated carbocycles. The fraction of sp³-hybridized carbons (Fsp3) is 0.562. The van der Waals surface area contributed by atoms with Gasteiger partial charge >= 0.3 is 6.03 Å². The van der Waals surface area contributed by atoms with Crippen molar-refractivity contribution in [1.82, 2.24) is 10.2 Å². The first-order valence-electron chi connectivity index (χ1n) is 7.53. The molecule has 0 aliphatic carbocycles. The molecule has 0 radical (unpaired) electrons. The van der Waals surface area contributed by atoms with Gasteiger partial charge in [-0.1, -0.05) is 12.1 Å². The van der Waals surface area contributed by atoms with Crippen molar-refractivity contribution < 1.29 is 9.53 Å². The molecule has 2 N–H and O–H groups in total. The van der Waals surface area contributed by atoms with Gasteiger partial charge in [-0.3, -0.25) is 0 Å². The SMILES string of the molecule is CCOCCN(CC)C(=O)Nc1cccc(C(C)NC)c1. The maximum Gasteiger partial charge on any atom is 0.321 e. The molecule has 0 aliphatic rings. The first kappa shape index (κ1) is 17.5. The van der Waals surface area contributed by atoms with Crippen LogP contribution in [-0.4, -0.2) is 44.3 Å². The molecule has 0 saturated heterocycles. The lowest BCUT2D eigenvalue weighted by Gasteiger charge is -2.21. The zero-order valence-electron chi connectivity index (χ0n) is 13.5. The average molecular weight is 293 g/mol. The third-order valence-electron chi connectivity index (χ3n) is 3.45. The van der Waals surface area contributed by atoms with Crippen LogP contribution < -0.4 is 10.6 Å². The van der Waals surface area contributed by atoms with Gasteiger partial charge in [-0.05, 0) is 45.5 Å². The van der Waals surface area contributed by atoms with E-state index < -0.39 is 0 Å². The summed E-state index contributed by atoms with van der Waals surface area (Å²) in [6, 6.07) is 8.06. The van der Waals surface area contributed by atoms with Crippen LogP contribution in [0.2, 0.25) is 0 Å². The second-order valence-corrected chi connectivity index (χ2v) is 4.84. The van der Waals surface area contributed by atoms with Gasteiger partial charge in [-0.15, -0.1) is 0 Å². The van der Waals surface area contributed by atoms with Crippen molar-refractivity contribution in [2.24, 2.45) is 0 Å². The van der Waals surface area contributed by atoms with Crippen LogP contribution in [-0.2, 0) is 4.74 Å². The number of amides is 2. The third-order valence-corrected chi connectivity index (χ3v) is 3.45. The van der Waals surface area contributed by atoms with Gasteiger partial charge in [0, 0.05) is 31.4 Å². The Kier molecular flexibility index (Phi) is 7.79. The lowest BCUT2D eigenvalue weighted by Crippen LogP contribution is -2.37. The van der Waals surface area contributed by atoms with Crippen molar-refractivity contribution in [2.45, 2.75) is 26.8 Å². The van der Waals surface area contributed by atoms with E-state index in [1.165, 1.54) is 0 Å². The molecule has 1 aromatic rings. The van der Waals surface area contributed by atoms with Crippen LogP contribution in [0.25, 0.3) is 0 Å². The molecule has 0 bridgehead atoms. The highest BCUT2D eigenvalue weighted by Crippen LogP contribution is 2.17. The fourth-order valence-corrected chi connectivity index (χ4v) is 1.98. The minimum Gasteiger partial charge on any atom is -0.380 e. The number of nitrogens with one attached hydrogen (secondary N) is 2. The van der Waals surface area contributed by atoms with Crippen LogP contribution in [0.3, 0.4) is 0 Å². The van der Waals surface area contributed by atoms with Gasteiger partial charge in [-0.25, -0.2) is 4.79 Å². The average Bonchev–Trinajstić information content (AvgIpc) is 2.51. The summed E-state index contributed by atoms with van der Waals surface area (Å²) < 4.78 is 5.30. The number of urea groups is 1. The fourth-order valence-electron chi connectivity index (χ4n) is 1.98. The number of anilines is 1. The van der Waals surface area contributed by atoms with E-state index in [1.54, 1.807) is 4.90 Å². The van der Waals surface area contributed by atoms with E-state index in [2.05, 4.69) is 17.6 Å². The normalized spacial score (nSPS) is 12.0. The number of carbonyl (C=O) groups excluding carboxylic acids is 1. The van der Waals surface area contributed by atoms with Crippen LogP contribution in [0.4, 0.5) is 10.5 Å². The molecule has 1 aromatic carbocycles. The minimum atomic E-state index is -0.0912. The van der Waals surface area contributed by atoms with E-state index in [0.717, 1.165) is 11.3 Å². The van der Waals surface area contributed by atoms with Gasteiger partial charge < -0.3 is 20.3 Å². The molecule has 0 heterocycles. The predicted molar refractivity (Wildman–Crippen MR) is 86.7 cm³/mol. The largest absolute Gasteiger partial charge is 0.380 e. The standard InChI is InChI=1S/C16H27N3O2/c1-5-19(10-11-21-6-2)16(20)18-15-9-7-8-14(12-15)13(3)17-4/h7-9,12-13,17H,5-6,10-11H2,1-4H3,(H,18,20). The number of benzene rings is 1. The Morgan fingerprint density at radius 3 is 2.76 bits per heavy atom. The van der Waals surface area contributed by atoms with E-state index in [0.29, 0.717) is 26.3 Å². The third kappa shape index (κ3) is 5.73. The van der Waals surface area contributed by atoms with Gasteiger partial charge in [0.15, 0.2) is 0 Å². The second kappa shape index (κ2) is 9.37. The minimum absolute atomic E-state index is 0.0912. The number of nitrogens with zero attached hydrogens (tertiary/aromatic N) is 1. The van der Waals surface area contributed by atoms with Crippen LogP contribution >= 0.6 is 0 Å². The summed E-state index contributed by atoms with van der Waals surface area (Å²) in [5, 5.41) is 6.13. The summed E-state index contributed by atoms with van der Waals surface area (Å²) in [5.74, 6) is 0. The molecule has 1 unspecified atom stereocenters. The summed E-state index contributed by atoms with van der Waals surface area (Å²) in [6.07, 6.45) is 0. The number of likely N-dealkylation sites (N-methyl/N-ethyl adjacent to an activating group) is 1. The highest BCUT2D eigenvalue weighted by Gasteiger charge is 2.12. The van der Waals surface area contributed by atoms with E-state index in [9.17, 15) is 4.79 Å². The number of hydrogen-bond donors (Lipinski definition) is 2. The van der Waals surface area contributed by atoms with Gasteiger partial charge in [0.2, 0.25) is 0 Å². The molecule has 118 valence electrons. The first-order chi connectivity index (χ1) is 10.1. The Labute approximate surface area is 127 Å². The van der Waals surface area contributed by atoms with Crippen LogP contribution in [0.5, 0.6) is 0 Å². The molecule has 0 aromatic heterocycles. The highest BCUT2D eigenvalue weighted by atomic mass is 16.5. The molecule has 0 spiro atoms. The molecule has 2 amide bonds. The monoisotopic (exact) mass is 293 g/mol. The molecule has 0 aliphatic heterocycles. The van der Waals surface area contributed by atoms with Crippen LogP contribution in [0.15, 0.2) is 24.3 Å². The van der Waals surface area contributed by atoms with Crippen LogP contribution in [0.1, 0.15) is 32.4 Å². The molecular weight excluding hydrogens is 266 g/mol. The number of rotatable bonds is 8. The lowest BCUT2D eigenvalue weighted by molar-refractivity contribution is 0.123. The van der Waals surface area contributed by atoms with Gasteiger partial charge in [0.05, 0.1) is 6.61 Å². The summed E-state index contributed by atoms with van der Waals surface area (Å²) in [7, 11) is 1.92. The highest BCUT2D eigenvalue weighted by molar-refractivity contribution is 5.89. The van der Waals surface area contributed by atoms with E-state index >= 15 is 0 Å². The number of ether oxygens (including phenoxy) is 1. The first-order valence-corrected chi connectivity index (χ1v) is 7.53. The van der Waals surface area contributed by atoms with Crippen LogP contribution in [0, 0.1) is 0 Å². The maximum absolute atomic E-state index is 12.2. The Hall–Kier alpha value is -1.59. The Balaban J connectivity index is 2.64. The summed E-state index contributed by atoms with van der Waals surface area (Å²) in [4.78, 5) is 14.0. The molecule has 0 fully saturated rings. The summed E-state index contributed by atoms with van der Waals surface area (Å²) in [6.45, 7) is 8.49. The molecule has 21 heavy (non-hydrogen) atoms. The van der Waals surface area contributed by atoms with Crippen molar-refractivity contribution in [1.29, 1.82) is 0 Å². The Morgan fingerprint density at radius 1 is 1.38 bits per heavy atom. The van der Waals surface area contributed by atoms with Gasteiger partial charge in [0.25, 0.3) is 0 Å². The number of hydrogen-bond acceptors (Lipinski definition) is 3. The Morgan fingerprint density at radius 2 is 2.14 bits per heavy atom. The lowest BCUT2D eigenvalue weighted by atomic mass is 10.1. The van der Waals surface area contributed by atoms with Crippen molar-refractivity contribution >= 4 is 11.7 Å². The quantitative estimate of drug-likeness (QED) is 0.725.